The number of amides is 1. The fourth-order valence-electron chi connectivity index (χ4n) is 4.31. The molecule has 0 radical (unpaired) electrons. The summed E-state index contributed by atoms with van der Waals surface area (Å²) in [5.41, 5.74) is 0.983. The second kappa shape index (κ2) is 11.3. The molecule has 0 saturated carbocycles. The molecule has 206 valence electrons. The molecule has 4 rings (SSSR count). The minimum absolute atomic E-state index is 0.140. The van der Waals surface area contributed by atoms with Crippen molar-refractivity contribution in [1.29, 1.82) is 0 Å². The third-order valence-corrected chi connectivity index (χ3v) is 6.74. The van der Waals surface area contributed by atoms with Gasteiger partial charge in [-0.1, -0.05) is 0 Å². The largest absolute Gasteiger partial charge is 0.497 e. The van der Waals surface area contributed by atoms with E-state index in [9.17, 15) is 9.90 Å². The molecular formula is C26H34BrN5O6. The maximum Gasteiger partial charge on any atom is 0.410 e. The average molecular weight is 592 g/mol. The van der Waals surface area contributed by atoms with Crippen LogP contribution in [0, 0.1) is 0 Å². The van der Waals surface area contributed by atoms with Crippen LogP contribution < -0.4 is 14.8 Å². The van der Waals surface area contributed by atoms with Crippen molar-refractivity contribution in [1.82, 2.24) is 19.3 Å². The first-order valence-electron chi connectivity index (χ1n) is 12.3. The highest BCUT2D eigenvalue weighted by Gasteiger charge is 2.39. The van der Waals surface area contributed by atoms with E-state index in [4.69, 9.17) is 23.9 Å². The Bertz CT molecular complexity index is 1290. The molecule has 3 unspecified atom stereocenters. The molecule has 1 saturated heterocycles. The van der Waals surface area contributed by atoms with Crippen molar-refractivity contribution in [2.75, 3.05) is 32.7 Å². The molecule has 1 fully saturated rings. The summed E-state index contributed by atoms with van der Waals surface area (Å²) in [7, 11) is 3.23. The number of morpholine rings is 1. The maximum absolute atomic E-state index is 13.0. The van der Waals surface area contributed by atoms with Gasteiger partial charge in [0.05, 0.1) is 39.5 Å². The minimum atomic E-state index is -0.790. The molecule has 1 aromatic carbocycles. The van der Waals surface area contributed by atoms with E-state index in [0.29, 0.717) is 34.3 Å². The predicted molar refractivity (Wildman–Crippen MR) is 145 cm³/mol. The maximum atomic E-state index is 13.0. The van der Waals surface area contributed by atoms with Crippen LogP contribution in [0.1, 0.15) is 45.2 Å². The number of carbonyl (C=O) groups excluding carboxylic acids is 1. The molecule has 11 nitrogen and oxygen atoms in total. The molecule has 3 heterocycles. The lowest BCUT2D eigenvalue weighted by atomic mass is 10.1. The highest BCUT2D eigenvalue weighted by molar-refractivity contribution is 9.10. The van der Waals surface area contributed by atoms with Crippen LogP contribution >= 0.6 is 15.9 Å². The normalized spacial score (nSPS) is 18.8. The average Bonchev–Trinajstić information content (AvgIpc) is 3.22. The number of carbonyl (C=O) groups is 1. The number of halogens is 1. The Kier molecular flexibility index (Phi) is 8.34. The quantitative estimate of drug-likeness (QED) is 0.417. The number of ether oxygens (including phenoxy) is 4. The van der Waals surface area contributed by atoms with Gasteiger partial charge < -0.3 is 29.4 Å². The lowest BCUT2D eigenvalue weighted by Gasteiger charge is -2.40. The number of hydrogen-bond donors (Lipinski definition) is 2. The second-order valence-corrected chi connectivity index (χ2v) is 10.8. The van der Waals surface area contributed by atoms with Crippen molar-refractivity contribution in [2.45, 2.75) is 58.1 Å². The van der Waals surface area contributed by atoms with Crippen LogP contribution in [-0.2, 0) is 16.0 Å². The summed E-state index contributed by atoms with van der Waals surface area (Å²) >= 11 is 3.57. The molecule has 1 aliphatic rings. The number of imidazole rings is 1. The Hall–Kier alpha value is -3.09. The molecule has 2 N–H and O–H groups in total. The zero-order chi connectivity index (χ0) is 27.6. The third-order valence-electron chi connectivity index (χ3n) is 6.18. The summed E-state index contributed by atoms with van der Waals surface area (Å²) < 4.78 is 25.0. The number of rotatable bonds is 7. The van der Waals surface area contributed by atoms with Gasteiger partial charge >= 0.3 is 6.09 Å². The predicted octanol–water partition coefficient (Wildman–Crippen LogP) is 4.18. The van der Waals surface area contributed by atoms with Gasteiger partial charge in [-0.2, -0.15) is 0 Å². The van der Waals surface area contributed by atoms with Crippen molar-refractivity contribution in [3.8, 4) is 11.5 Å². The number of aliphatic hydroxyl groups is 1. The summed E-state index contributed by atoms with van der Waals surface area (Å²) in [5.74, 6) is 2.61. The summed E-state index contributed by atoms with van der Waals surface area (Å²) in [6.45, 7) is 7.82. The Morgan fingerprint density at radius 1 is 1.32 bits per heavy atom. The van der Waals surface area contributed by atoms with Crippen molar-refractivity contribution in [3.63, 3.8) is 0 Å². The summed E-state index contributed by atoms with van der Waals surface area (Å²) in [6, 6.07) is 5.10. The molecule has 1 aliphatic heterocycles. The number of hydrogen-bond acceptors (Lipinski definition) is 9. The van der Waals surface area contributed by atoms with Gasteiger partial charge in [-0.3, -0.25) is 9.30 Å². The van der Waals surface area contributed by atoms with Gasteiger partial charge in [0.2, 0.25) is 0 Å². The van der Waals surface area contributed by atoms with Gasteiger partial charge in [0.15, 0.2) is 5.82 Å². The van der Waals surface area contributed by atoms with Crippen LogP contribution in [0.25, 0.3) is 5.52 Å². The molecule has 0 spiro atoms. The SMILES string of the molecule is COc1ccc(CNc2nccn3c(C4CN(C(=O)OC(C)(C)C)C(C(C)O)CO4)nc(Br)c23)c(OC)c1. The van der Waals surface area contributed by atoms with Gasteiger partial charge in [-0.05, 0) is 55.8 Å². The lowest BCUT2D eigenvalue weighted by Crippen LogP contribution is -2.55. The van der Waals surface area contributed by atoms with Crippen LogP contribution in [-0.4, -0.2) is 75.6 Å². The topological polar surface area (TPSA) is 120 Å². The number of aliphatic hydroxyl groups excluding tert-OH is 1. The fourth-order valence-corrected chi connectivity index (χ4v) is 4.87. The number of nitrogens with zero attached hydrogens (tertiary/aromatic N) is 4. The Morgan fingerprint density at radius 3 is 2.74 bits per heavy atom. The van der Waals surface area contributed by atoms with E-state index in [1.165, 1.54) is 4.90 Å². The Labute approximate surface area is 230 Å². The molecule has 1 amide bonds. The number of methoxy groups -OCH3 is 2. The van der Waals surface area contributed by atoms with Gasteiger partial charge in [0.25, 0.3) is 0 Å². The molecule has 0 bridgehead atoms. The molecule has 12 heteroatoms. The number of anilines is 1. The Balaban J connectivity index is 1.60. The zero-order valence-corrected chi connectivity index (χ0v) is 24.0. The first-order valence-corrected chi connectivity index (χ1v) is 13.1. The van der Waals surface area contributed by atoms with E-state index in [1.807, 2.05) is 43.4 Å². The summed E-state index contributed by atoms with van der Waals surface area (Å²) in [5, 5.41) is 13.7. The van der Waals surface area contributed by atoms with Gasteiger partial charge in [-0.25, -0.2) is 14.8 Å². The fraction of sp³-hybridized carbons (Fsp3) is 0.500. The monoisotopic (exact) mass is 591 g/mol. The summed E-state index contributed by atoms with van der Waals surface area (Å²) in [4.78, 5) is 23.8. The highest BCUT2D eigenvalue weighted by Crippen LogP contribution is 2.33. The molecule has 38 heavy (non-hydrogen) atoms. The van der Waals surface area contributed by atoms with Crippen LogP contribution in [0.15, 0.2) is 35.2 Å². The van der Waals surface area contributed by atoms with Crippen molar-refractivity contribution in [2.24, 2.45) is 0 Å². The summed E-state index contributed by atoms with van der Waals surface area (Å²) in [6.07, 6.45) is 1.62. The number of nitrogens with one attached hydrogen (secondary N) is 1. The van der Waals surface area contributed by atoms with Crippen LogP contribution in [0.2, 0.25) is 0 Å². The smallest absolute Gasteiger partial charge is 0.410 e. The van der Waals surface area contributed by atoms with Crippen LogP contribution in [0.3, 0.4) is 0 Å². The van der Waals surface area contributed by atoms with E-state index in [1.54, 1.807) is 33.5 Å². The number of benzene rings is 1. The van der Waals surface area contributed by atoms with Crippen molar-refractivity contribution >= 4 is 33.4 Å². The molecular weight excluding hydrogens is 558 g/mol. The van der Waals surface area contributed by atoms with Crippen molar-refractivity contribution in [3.05, 3.63) is 46.6 Å². The van der Waals surface area contributed by atoms with Gasteiger partial charge in [-0.15, -0.1) is 0 Å². The molecule has 0 aliphatic carbocycles. The third kappa shape index (κ3) is 5.97. The van der Waals surface area contributed by atoms with E-state index >= 15 is 0 Å². The zero-order valence-electron chi connectivity index (χ0n) is 22.4. The second-order valence-electron chi connectivity index (χ2n) is 10.0. The highest BCUT2D eigenvalue weighted by atomic mass is 79.9. The Morgan fingerprint density at radius 2 is 2.08 bits per heavy atom. The lowest BCUT2D eigenvalue weighted by molar-refractivity contribution is -0.0994. The molecule has 3 atom stereocenters. The van der Waals surface area contributed by atoms with Crippen molar-refractivity contribution < 1.29 is 28.8 Å². The standard InChI is InChI=1S/C26H34BrN5O6/c1-15(33)18-14-37-20(13-32(18)25(34)38-26(2,3)4)24-30-22(27)21-23(28-9-10-31(21)24)29-12-16-7-8-17(35-5)11-19(16)36-6/h7-11,15,18,20,33H,12-14H2,1-6H3,(H,28,29). The van der Waals surface area contributed by atoms with Gasteiger partial charge in [0.1, 0.15) is 39.1 Å². The molecule has 2 aromatic heterocycles. The van der Waals surface area contributed by atoms with Crippen LogP contribution in [0.5, 0.6) is 11.5 Å². The van der Waals surface area contributed by atoms with E-state index in [0.717, 1.165) is 11.1 Å². The minimum Gasteiger partial charge on any atom is -0.497 e. The number of aromatic nitrogens is 3. The van der Waals surface area contributed by atoms with E-state index in [-0.39, 0.29) is 13.2 Å². The molecule has 3 aromatic rings. The van der Waals surface area contributed by atoms with Crippen LogP contribution in [0.4, 0.5) is 10.6 Å². The number of fused-ring (bicyclic) bond motifs is 1. The first-order chi connectivity index (χ1) is 18.0. The van der Waals surface area contributed by atoms with Gasteiger partial charge in [0, 0.05) is 30.6 Å². The first kappa shape index (κ1) is 27.9. The van der Waals surface area contributed by atoms with E-state index < -0.39 is 29.9 Å². The van der Waals surface area contributed by atoms with E-state index in [2.05, 4.69) is 26.2 Å².